The summed E-state index contributed by atoms with van der Waals surface area (Å²) in [6, 6.07) is 7.55. The van der Waals surface area contributed by atoms with E-state index in [0.29, 0.717) is 17.3 Å². The zero-order chi connectivity index (χ0) is 15.9. The van der Waals surface area contributed by atoms with Gasteiger partial charge in [0.2, 0.25) is 0 Å². The number of rotatable bonds is 3. The van der Waals surface area contributed by atoms with Crippen molar-refractivity contribution in [2.24, 2.45) is 7.05 Å². The zero-order valence-corrected chi connectivity index (χ0v) is 13.5. The molecule has 3 aromatic rings. The second kappa shape index (κ2) is 5.50. The van der Waals surface area contributed by atoms with E-state index in [1.807, 2.05) is 42.8 Å². The molecule has 1 aromatic carbocycles. The fourth-order valence-corrected chi connectivity index (χ4v) is 2.94. The summed E-state index contributed by atoms with van der Waals surface area (Å²) in [5.74, 6) is -0.0460. The molecule has 0 saturated carbocycles. The third kappa shape index (κ3) is 2.37. The molecule has 1 amide bonds. The maximum Gasteiger partial charge on any atom is 0.270 e. The number of carbonyl (C=O) groups excluding carboxylic acids is 1. The molecule has 0 saturated heterocycles. The smallest absolute Gasteiger partial charge is 0.270 e. The van der Waals surface area contributed by atoms with Crippen LogP contribution in [-0.4, -0.2) is 32.6 Å². The number of nitrogens with one attached hydrogen (secondary N) is 1. The number of H-pyrrole nitrogens is 1. The van der Waals surface area contributed by atoms with Crippen molar-refractivity contribution in [2.75, 3.05) is 7.05 Å². The van der Waals surface area contributed by atoms with Crippen molar-refractivity contribution in [3.05, 3.63) is 52.4 Å². The van der Waals surface area contributed by atoms with Gasteiger partial charge in [-0.3, -0.25) is 9.89 Å². The lowest BCUT2D eigenvalue weighted by Crippen LogP contribution is -2.28. The summed E-state index contributed by atoms with van der Waals surface area (Å²) in [7, 11) is 3.65. The molecule has 1 N–H and O–H groups in total. The van der Waals surface area contributed by atoms with Gasteiger partial charge in [-0.15, -0.1) is 0 Å². The molecule has 2 aromatic heterocycles. The number of hydrogen-bond acceptors (Lipinski definition) is 2. The van der Waals surface area contributed by atoms with Crippen LogP contribution in [0.3, 0.4) is 0 Å². The number of aryl methyl sites for hydroxylation is 2. The fraction of sp³-hybridized carbons (Fsp3) is 0.250. The SMILES string of the molecule is Cc1[nH]ncc1CN(C)C(=O)c1cc2cccc(Cl)c2n1C. The van der Waals surface area contributed by atoms with E-state index in [4.69, 9.17) is 11.6 Å². The molecular weight excluding hydrogens is 300 g/mol. The number of nitrogens with zero attached hydrogens (tertiary/aromatic N) is 3. The lowest BCUT2D eigenvalue weighted by Gasteiger charge is -2.17. The highest BCUT2D eigenvalue weighted by atomic mass is 35.5. The van der Waals surface area contributed by atoms with E-state index in [1.165, 1.54) is 0 Å². The third-order valence-corrected chi connectivity index (χ3v) is 4.22. The molecule has 114 valence electrons. The van der Waals surface area contributed by atoms with Crippen molar-refractivity contribution in [1.29, 1.82) is 0 Å². The van der Waals surface area contributed by atoms with Crippen molar-refractivity contribution in [3.8, 4) is 0 Å². The molecule has 0 fully saturated rings. The first-order valence-electron chi connectivity index (χ1n) is 6.97. The molecule has 2 heterocycles. The highest BCUT2D eigenvalue weighted by molar-refractivity contribution is 6.35. The minimum atomic E-state index is -0.0460. The molecule has 0 atom stereocenters. The van der Waals surface area contributed by atoms with Gasteiger partial charge < -0.3 is 9.47 Å². The monoisotopic (exact) mass is 316 g/mol. The van der Waals surface area contributed by atoms with Crippen LogP contribution < -0.4 is 0 Å². The minimum absolute atomic E-state index is 0.0460. The summed E-state index contributed by atoms with van der Waals surface area (Å²) < 4.78 is 1.85. The lowest BCUT2D eigenvalue weighted by molar-refractivity contribution is 0.0776. The van der Waals surface area contributed by atoms with E-state index in [-0.39, 0.29) is 5.91 Å². The van der Waals surface area contributed by atoms with Gasteiger partial charge in [-0.05, 0) is 19.1 Å². The number of carbonyl (C=O) groups is 1. The van der Waals surface area contributed by atoms with Crippen LogP contribution in [0.5, 0.6) is 0 Å². The molecule has 3 rings (SSSR count). The Balaban J connectivity index is 1.93. The Bertz CT molecular complexity index is 849. The molecule has 5 nitrogen and oxygen atoms in total. The average molecular weight is 317 g/mol. The topological polar surface area (TPSA) is 53.9 Å². The molecule has 0 spiro atoms. The normalized spacial score (nSPS) is 11.1. The predicted octanol–water partition coefficient (Wildman–Crippen LogP) is 3.14. The summed E-state index contributed by atoms with van der Waals surface area (Å²) >= 11 is 6.24. The predicted molar refractivity (Wildman–Crippen MR) is 87.1 cm³/mol. The largest absolute Gasteiger partial charge is 0.338 e. The van der Waals surface area contributed by atoms with E-state index >= 15 is 0 Å². The average Bonchev–Trinajstić information content (AvgIpc) is 3.03. The molecule has 22 heavy (non-hydrogen) atoms. The van der Waals surface area contributed by atoms with E-state index in [9.17, 15) is 4.79 Å². The molecule has 0 bridgehead atoms. The number of halogens is 1. The Morgan fingerprint density at radius 2 is 2.23 bits per heavy atom. The van der Waals surface area contributed by atoms with Crippen LogP contribution in [0.2, 0.25) is 5.02 Å². The van der Waals surface area contributed by atoms with Gasteiger partial charge in [-0.25, -0.2) is 0 Å². The maximum absolute atomic E-state index is 12.7. The zero-order valence-electron chi connectivity index (χ0n) is 12.7. The number of hydrogen-bond donors (Lipinski definition) is 1. The van der Waals surface area contributed by atoms with E-state index in [1.54, 1.807) is 18.1 Å². The van der Waals surface area contributed by atoms with Crippen LogP contribution in [-0.2, 0) is 13.6 Å². The molecule has 0 aliphatic carbocycles. The molecular formula is C16H17ClN4O. The van der Waals surface area contributed by atoms with Gasteiger partial charge in [0.1, 0.15) is 5.69 Å². The minimum Gasteiger partial charge on any atom is -0.338 e. The number of para-hydroxylation sites is 1. The van der Waals surface area contributed by atoms with E-state index < -0.39 is 0 Å². The van der Waals surface area contributed by atoms with Crippen LogP contribution in [0.25, 0.3) is 10.9 Å². The Hall–Kier alpha value is -2.27. The summed E-state index contributed by atoms with van der Waals surface area (Å²) in [5.41, 5.74) is 3.47. The number of fused-ring (bicyclic) bond motifs is 1. The van der Waals surface area contributed by atoms with Gasteiger partial charge in [0.05, 0.1) is 16.7 Å². The number of aromatic nitrogens is 3. The molecule has 0 aliphatic rings. The number of amides is 1. The van der Waals surface area contributed by atoms with Crippen molar-refractivity contribution >= 4 is 28.4 Å². The quantitative estimate of drug-likeness (QED) is 0.807. The third-order valence-electron chi connectivity index (χ3n) is 3.91. The van der Waals surface area contributed by atoms with Crippen LogP contribution in [0.1, 0.15) is 21.7 Å². The first-order chi connectivity index (χ1) is 10.5. The van der Waals surface area contributed by atoms with Crippen molar-refractivity contribution in [1.82, 2.24) is 19.7 Å². The molecule has 0 radical (unpaired) electrons. The summed E-state index contributed by atoms with van der Waals surface area (Å²) in [4.78, 5) is 14.4. The van der Waals surface area contributed by atoms with Gasteiger partial charge in [-0.1, -0.05) is 23.7 Å². The second-order valence-electron chi connectivity index (χ2n) is 5.45. The maximum atomic E-state index is 12.7. The standard InChI is InChI=1S/C16H17ClN4O/c1-10-12(8-18-19-10)9-20(2)16(22)14-7-11-5-4-6-13(17)15(11)21(14)3/h4-8H,9H2,1-3H3,(H,18,19). The van der Waals surface area contributed by atoms with Crippen LogP contribution >= 0.6 is 11.6 Å². The Morgan fingerprint density at radius 1 is 1.45 bits per heavy atom. The van der Waals surface area contributed by atoms with Crippen LogP contribution in [0.15, 0.2) is 30.5 Å². The van der Waals surface area contributed by atoms with Gasteiger partial charge in [0.25, 0.3) is 5.91 Å². The lowest BCUT2D eigenvalue weighted by atomic mass is 10.2. The second-order valence-corrected chi connectivity index (χ2v) is 5.85. The molecule has 6 heteroatoms. The number of aromatic amines is 1. The summed E-state index contributed by atoms with van der Waals surface area (Å²) in [6.07, 6.45) is 1.75. The van der Waals surface area contributed by atoms with Crippen LogP contribution in [0.4, 0.5) is 0 Å². The van der Waals surface area contributed by atoms with Gasteiger partial charge in [0, 0.05) is 37.3 Å². The molecule has 0 unspecified atom stereocenters. The van der Waals surface area contributed by atoms with Gasteiger partial charge >= 0.3 is 0 Å². The Labute approximate surface area is 133 Å². The Morgan fingerprint density at radius 3 is 2.86 bits per heavy atom. The van der Waals surface area contributed by atoms with Gasteiger partial charge in [-0.2, -0.15) is 5.10 Å². The highest BCUT2D eigenvalue weighted by Gasteiger charge is 2.19. The first kappa shape index (κ1) is 14.7. The van der Waals surface area contributed by atoms with Crippen molar-refractivity contribution in [3.63, 3.8) is 0 Å². The molecule has 0 aliphatic heterocycles. The van der Waals surface area contributed by atoms with Crippen molar-refractivity contribution < 1.29 is 4.79 Å². The van der Waals surface area contributed by atoms with E-state index in [2.05, 4.69) is 10.2 Å². The summed E-state index contributed by atoms with van der Waals surface area (Å²) in [6.45, 7) is 2.45. The van der Waals surface area contributed by atoms with E-state index in [0.717, 1.165) is 22.2 Å². The van der Waals surface area contributed by atoms with Crippen LogP contribution in [0, 0.1) is 6.92 Å². The van der Waals surface area contributed by atoms with Gasteiger partial charge in [0.15, 0.2) is 0 Å². The Kier molecular flexibility index (Phi) is 3.66. The first-order valence-corrected chi connectivity index (χ1v) is 7.35. The van der Waals surface area contributed by atoms with Crippen molar-refractivity contribution in [2.45, 2.75) is 13.5 Å². The fourth-order valence-electron chi connectivity index (χ4n) is 2.63. The highest BCUT2D eigenvalue weighted by Crippen LogP contribution is 2.26. The number of benzene rings is 1. The summed E-state index contributed by atoms with van der Waals surface area (Å²) in [5, 5.41) is 8.48.